The minimum Gasteiger partial charge on any atom is -0.357 e. The number of nitrogens with zero attached hydrogens (tertiary/aromatic N) is 5. The van der Waals surface area contributed by atoms with Gasteiger partial charge in [0, 0.05) is 26.1 Å². The predicted octanol–water partition coefficient (Wildman–Crippen LogP) is 2.87. The Labute approximate surface area is 181 Å². The fourth-order valence-corrected chi connectivity index (χ4v) is 4.00. The third-order valence-electron chi connectivity index (χ3n) is 5.87. The van der Waals surface area contributed by atoms with Crippen LogP contribution >= 0.6 is 0 Å². The van der Waals surface area contributed by atoms with Gasteiger partial charge in [0.1, 0.15) is 12.2 Å². The maximum absolute atomic E-state index is 4.96. The van der Waals surface area contributed by atoms with Gasteiger partial charge >= 0.3 is 0 Å². The minimum absolute atomic E-state index is 0.318. The molecule has 0 radical (unpaired) electrons. The van der Waals surface area contributed by atoms with Gasteiger partial charge in [-0.25, -0.2) is 0 Å². The molecule has 7 heteroatoms. The van der Waals surface area contributed by atoms with Crippen LogP contribution in [0.1, 0.15) is 51.0 Å². The van der Waals surface area contributed by atoms with E-state index in [2.05, 4.69) is 81.4 Å². The lowest BCUT2D eigenvalue weighted by atomic mass is 9.96. The molecular weight excluding hydrogens is 374 g/mol. The van der Waals surface area contributed by atoms with E-state index in [0.717, 1.165) is 63.4 Å². The quantitative estimate of drug-likeness (QED) is 0.490. The van der Waals surface area contributed by atoms with Crippen molar-refractivity contribution in [3.05, 3.63) is 48.0 Å². The van der Waals surface area contributed by atoms with E-state index in [1.54, 1.807) is 6.33 Å². The molecule has 1 atom stereocenters. The van der Waals surface area contributed by atoms with Crippen molar-refractivity contribution in [3.8, 4) is 0 Å². The molecule has 0 amide bonds. The van der Waals surface area contributed by atoms with Crippen LogP contribution in [-0.4, -0.2) is 58.3 Å². The molecule has 0 aliphatic carbocycles. The molecule has 1 aliphatic rings. The van der Waals surface area contributed by atoms with E-state index in [1.165, 1.54) is 18.4 Å². The Kier molecular flexibility index (Phi) is 8.68. The Hall–Kier alpha value is -2.41. The van der Waals surface area contributed by atoms with Gasteiger partial charge in [-0.05, 0) is 44.3 Å². The highest BCUT2D eigenvalue weighted by Gasteiger charge is 2.24. The summed E-state index contributed by atoms with van der Waals surface area (Å²) in [5, 5.41) is 15.0. The number of aliphatic imine (C=N–C) groups is 1. The first kappa shape index (κ1) is 22.3. The summed E-state index contributed by atoms with van der Waals surface area (Å²) < 4.78 is 2.10. The van der Waals surface area contributed by atoms with Crippen LogP contribution in [-0.2, 0) is 13.0 Å². The van der Waals surface area contributed by atoms with Crippen molar-refractivity contribution in [2.75, 3.05) is 32.7 Å². The van der Waals surface area contributed by atoms with E-state index in [9.17, 15) is 0 Å². The van der Waals surface area contributed by atoms with Gasteiger partial charge in [-0.15, -0.1) is 10.2 Å². The average molecular weight is 412 g/mol. The van der Waals surface area contributed by atoms with Gasteiger partial charge in [-0.1, -0.05) is 44.2 Å². The molecule has 3 rings (SSSR count). The Morgan fingerprint density at radius 2 is 1.93 bits per heavy atom. The third-order valence-corrected chi connectivity index (χ3v) is 5.87. The van der Waals surface area contributed by atoms with E-state index in [4.69, 9.17) is 4.99 Å². The van der Waals surface area contributed by atoms with Crippen molar-refractivity contribution in [2.45, 2.75) is 52.6 Å². The number of rotatable bonds is 9. The lowest BCUT2D eigenvalue weighted by molar-refractivity contribution is 0.141. The van der Waals surface area contributed by atoms with E-state index in [-0.39, 0.29) is 0 Å². The van der Waals surface area contributed by atoms with E-state index in [1.807, 2.05) is 0 Å². The standard InChI is InChI=1S/C23H37N7/c1-4-22-28-27-18-30(22)16-13-25-23(24-5-2)26-17-21(20-9-7-6-8-10-20)29-14-11-19(3)12-15-29/h6-10,18-19,21H,4-5,11-17H2,1-3H3,(H2,24,25,26). The molecule has 1 saturated heterocycles. The second-order valence-corrected chi connectivity index (χ2v) is 8.09. The summed E-state index contributed by atoms with van der Waals surface area (Å²) in [6.45, 7) is 12.1. The lowest BCUT2D eigenvalue weighted by Crippen LogP contribution is -2.41. The highest BCUT2D eigenvalue weighted by molar-refractivity contribution is 5.79. The summed E-state index contributed by atoms with van der Waals surface area (Å²) in [7, 11) is 0. The first-order chi connectivity index (χ1) is 14.7. The van der Waals surface area contributed by atoms with Crippen molar-refractivity contribution in [3.63, 3.8) is 0 Å². The number of hydrogen-bond acceptors (Lipinski definition) is 4. The van der Waals surface area contributed by atoms with Crippen LogP contribution in [0.2, 0.25) is 0 Å². The molecule has 0 saturated carbocycles. The zero-order chi connectivity index (χ0) is 21.2. The number of piperidine rings is 1. The molecular formula is C23H37N7. The molecule has 2 N–H and O–H groups in total. The highest BCUT2D eigenvalue weighted by atomic mass is 15.3. The number of aryl methyl sites for hydroxylation is 1. The zero-order valence-corrected chi connectivity index (χ0v) is 18.7. The Morgan fingerprint density at radius 3 is 2.63 bits per heavy atom. The molecule has 0 spiro atoms. The van der Waals surface area contributed by atoms with Crippen LogP contribution < -0.4 is 10.6 Å². The summed E-state index contributed by atoms with van der Waals surface area (Å²) in [5.74, 6) is 2.71. The molecule has 1 unspecified atom stereocenters. The molecule has 2 heterocycles. The fourth-order valence-electron chi connectivity index (χ4n) is 4.00. The second-order valence-electron chi connectivity index (χ2n) is 8.09. The first-order valence-electron chi connectivity index (χ1n) is 11.4. The van der Waals surface area contributed by atoms with Crippen LogP contribution in [0, 0.1) is 5.92 Å². The summed E-state index contributed by atoms with van der Waals surface area (Å²) in [4.78, 5) is 7.56. The van der Waals surface area contributed by atoms with Crippen LogP contribution in [0.5, 0.6) is 0 Å². The van der Waals surface area contributed by atoms with Gasteiger partial charge in [0.05, 0.1) is 12.6 Å². The van der Waals surface area contributed by atoms with Crippen LogP contribution in [0.25, 0.3) is 0 Å². The van der Waals surface area contributed by atoms with Crippen molar-refractivity contribution in [1.29, 1.82) is 0 Å². The zero-order valence-electron chi connectivity index (χ0n) is 18.7. The Bertz CT molecular complexity index is 763. The molecule has 164 valence electrons. The smallest absolute Gasteiger partial charge is 0.191 e. The molecule has 1 fully saturated rings. The lowest BCUT2D eigenvalue weighted by Gasteiger charge is -2.36. The third kappa shape index (κ3) is 6.29. The minimum atomic E-state index is 0.318. The molecule has 2 aromatic rings. The number of nitrogens with one attached hydrogen (secondary N) is 2. The Balaban J connectivity index is 1.64. The van der Waals surface area contributed by atoms with Crippen molar-refractivity contribution in [1.82, 2.24) is 30.3 Å². The monoisotopic (exact) mass is 411 g/mol. The molecule has 1 aromatic heterocycles. The van der Waals surface area contributed by atoms with E-state index < -0.39 is 0 Å². The maximum atomic E-state index is 4.96. The number of hydrogen-bond donors (Lipinski definition) is 2. The van der Waals surface area contributed by atoms with Crippen molar-refractivity contribution in [2.24, 2.45) is 10.9 Å². The maximum Gasteiger partial charge on any atom is 0.191 e. The highest BCUT2D eigenvalue weighted by Crippen LogP contribution is 2.27. The number of benzene rings is 1. The number of guanidine groups is 1. The summed E-state index contributed by atoms with van der Waals surface area (Å²) >= 11 is 0. The van der Waals surface area contributed by atoms with E-state index >= 15 is 0 Å². The Morgan fingerprint density at radius 1 is 1.17 bits per heavy atom. The summed E-state index contributed by atoms with van der Waals surface area (Å²) in [6.07, 6.45) is 5.23. The van der Waals surface area contributed by atoms with Crippen molar-refractivity contribution >= 4 is 5.96 Å². The predicted molar refractivity (Wildman–Crippen MR) is 123 cm³/mol. The van der Waals surface area contributed by atoms with Gasteiger partial charge in [0.25, 0.3) is 0 Å². The van der Waals surface area contributed by atoms with Gasteiger partial charge in [0.2, 0.25) is 0 Å². The SMILES string of the molecule is CCNC(=NCC(c1ccccc1)N1CCC(C)CC1)NCCn1cnnc1CC. The van der Waals surface area contributed by atoms with Crippen LogP contribution in [0.4, 0.5) is 0 Å². The largest absolute Gasteiger partial charge is 0.357 e. The topological polar surface area (TPSA) is 70.4 Å². The average Bonchev–Trinajstić information content (AvgIpc) is 3.23. The molecule has 1 aliphatic heterocycles. The molecule has 0 bridgehead atoms. The van der Waals surface area contributed by atoms with Gasteiger partial charge in [-0.2, -0.15) is 0 Å². The van der Waals surface area contributed by atoms with Gasteiger partial charge < -0.3 is 15.2 Å². The van der Waals surface area contributed by atoms with Crippen LogP contribution in [0.3, 0.4) is 0 Å². The summed E-state index contributed by atoms with van der Waals surface area (Å²) in [6, 6.07) is 11.1. The molecule has 1 aromatic carbocycles. The van der Waals surface area contributed by atoms with Gasteiger partial charge in [-0.3, -0.25) is 9.89 Å². The molecule has 30 heavy (non-hydrogen) atoms. The first-order valence-corrected chi connectivity index (χ1v) is 11.4. The van der Waals surface area contributed by atoms with E-state index in [0.29, 0.717) is 6.04 Å². The van der Waals surface area contributed by atoms with Crippen LogP contribution in [0.15, 0.2) is 41.7 Å². The number of aromatic nitrogens is 3. The number of likely N-dealkylation sites (tertiary alicyclic amines) is 1. The normalized spacial score (nSPS) is 17.1. The summed E-state index contributed by atoms with van der Waals surface area (Å²) in [5.41, 5.74) is 1.35. The second kappa shape index (κ2) is 11.7. The molecule has 7 nitrogen and oxygen atoms in total. The fraction of sp³-hybridized carbons (Fsp3) is 0.609. The van der Waals surface area contributed by atoms with Gasteiger partial charge in [0.15, 0.2) is 5.96 Å². The van der Waals surface area contributed by atoms with Crippen molar-refractivity contribution < 1.29 is 0 Å².